The van der Waals surface area contributed by atoms with Gasteiger partial charge in [-0.1, -0.05) is 48.5 Å². The van der Waals surface area contributed by atoms with E-state index in [1.54, 1.807) is 0 Å². The number of hydrogen-bond donors (Lipinski definition) is 2. The number of ether oxygens (including phenoxy) is 1. The number of benzene rings is 3. The number of carboxylic acids is 1. The van der Waals surface area contributed by atoms with Crippen LogP contribution in [0, 0.1) is 23.4 Å². The number of carbonyl (C=O) groups excluding carboxylic acids is 1. The van der Waals surface area contributed by atoms with Crippen molar-refractivity contribution < 1.29 is 32.6 Å². The van der Waals surface area contributed by atoms with Crippen molar-refractivity contribution in [1.82, 2.24) is 0 Å². The zero-order valence-corrected chi connectivity index (χ0v) is 17.3. The molecule has 0 spiro atoms. The Balaban J connectivity index is 1.51. The van der Waals surface area contributed by atoms with Crippen LogP contribution in [-0.4, -0.2) is 29.7 Å². The fourth-order valence-electron chi connectivity index (χ4n) is 4.25. The zero-order chi connectivity index (χ0) is 23.7. The summed E-state index contributed by atoms with van der Waals surface area (Å²) in [6.07, 6.45) is -0.496. The second kappa shape index (κ2) is 9.07. The van der Waals surface area contributed by atoms with E-state index in [9.17, 15) is 27.9 Å². The van der Waals surface area contributed by atoms with Gasteiger partial charge in [0, 0.05) is 18.0 Å². The van der Waals surface area contributed by atoms with E-state index in [-0.39, 0.29) is 18.1 Å². The van der Waals surface area contributed by atoms with Crippen LogP contribution in [-0.2, 0) is 20.7 Å². The average Bonchev–Trinajstić information content (AvgIpc) is 3.09. The molecule has 0 amide bonds. The molecule has 0 saturated heterocycles. The summed E-state index contributed by atoms with van der Waals surface area (Å²) in [5, 5.41) is 9.56. The van der Waals surface area contributed by atoms with Crippen molar-refractivity contribution in [3.8, 4) is 11.1 Å². The highest BCUT2D eigenvalue weighted by molar-refractivity contribution is 5.95. The lowest BCUT2D eigenvalue weighted by Crippen LogP contribution is -2.43. The van der Waals surface area contributed by atoms with Crippen LogP contribution in [0.2, 0.25) is 0 Å². The molecular formula is C25H20F3NO4. The van der Waals surface area contributed by atoms with E-state index in [1.807, 2.05) is 48.5 Å². The van der Waals surface area contributed by atoms with Gasteiger partial charge in [0.05, 0.1) is 0 Å². The second-order valence-electron chi connectivity index (χ2n) is 7.90. The van der Waals surface area contributed by atoms with Gasteiger partial charge in [-0.2, -0.15) is 0 Å². The maximum Gasteiger partial charge on any atom is 0.321 e. The molecule has 0 heterocycles. The highest BCUT2D eigenvalue weighted by Crippen LogP contribution is 2.44. The van der Waals surface area contributed by atoms with Gasteiger partial charge in [-0.15, -0.1) is 0 Å². The van der Waals surface area contributed by atoms with Gasteiger partial charge < -0.3 is 15.6 Å². The summed E-state index contributed by atoms with van der Waals surface area (Å²) in [5.74, 6) is -8.49. The largest absolute Gasteiger partial charge is 0.481 e. The number of aliphatic carboxylic acids is 1. The van der Waals surface area contributed by atoms with Crippen LogP contribution in [0.1, 0.15) is 22.6 Å². The third-order valence-corrected chi connectivity index (χ3v) is 5.85. The van der Waals surface area contributed by atoms with Crippen LogP contribution in [0.25, 0.3) is 11.1 Å². The number of carbonyl (C=O) groups is 2. The summed E-state index contributed by atoms with van der Waals surface area (Å²) in [6.45, 7) is -0.108. The van der Waals surface area contributed by atoms with Crippen molar-refractivity contribution in [2.45, 2.75) is 18.4 Å². The first-order valence-corrected chi connectivity index (χ1v) is 10.2. The van der Waals surface area contributed by atoms with Crippen molar-refractivity contribution in [3.63, 3.8) is 0 Å². The Morgan fingerprint density at radius 1 is 0.909 bits per heavy atom. The number of hydrogen-bond acceptors (Lipinski definition) is 4. The molecule has 0 aromatic heterocycles. The molecule has 3 N–H and O–H groups in total. The van der Waals surface area contributed by atoms with Gasteiger partial charge in [0.25, 0.3) is 0 Å². The van der Waals surface area contributed by atoms with E-state index in [0.717, 1.165) is 22.3 Å². The summed E-state index contributed by atoms with van der Waals surface area (Å²) in [6, 6.07) is 14.8. The van der Waals surface area contributed by atoms with Crippen molar-refractivity contribution in [2.24, 2.45) is 11.7 Å². The molecule has 8 heteroatoms. The Labute approximate surface area is 187 Å². The smallest absolute Gasteiger partial charge is 0.321 e. The molecule has 0 aliphatic heterocycles. The van der Waals surface area contributed by atoms with Gasteiger partial charge in [0.1, 0.15) is 12.4 Å². The fraction of sp³-hybridized carbons (Fsp3) is 0.200. The van der Waals surface area contributed by atoms with E-state index in [4.69, 9.17) is 10.5 Å². The predicted octanol–water partition coefficient (Wildman–Crippen LogP) is 4.03. The Morgan fingerprint density at radius 3 is 2.03 bits per heavy atom. The molecule has 0 fully saturated rings. The number of carboxylic acid groups (broad SMARTS) is 1. The van der Waals surface area contributed by atoms with Crippen LogP contribution < -0.4 is 5.73 Å². The van der Waals surface area contributed by atoms with Gasteiger partial charge in [-0.05, 0) is 40.3 Å². The summed E-state index contributed by atoms with van der Waals surface area (Å²) in [7, 11) is 0. The molecule has 3 aromatic rings. The maximum absolute atomic E-state index is 14.0. The fourth-order valence-corrected chi connectivity index (χ4v) is 4.25. The lowest BCUT2D eigenvalue weighted by molar-refractivity contribution is -0.159. The molecule has 4 rings (SSSR count). The first-order valence-electron chi connectivity index (χ1n) is 10.2. The van der Waals surface area contributed by atoms with E-state index < -0.39 is 47.8 Å². The quantitative estimate of drug-likeness (QED) is 0.319. The van der Waals surface area contributed by atoms with Crippen LogP contribution in [0.3, 0.4) is 0 Å². The minimum Gasteiger partial charge on any atom is -0.481 e. The highest BCUT2D eigenvalue weighted by Gasteiger charge is 2.36. The molecule has 33 heavy (non-hydrogen) atoms. The Bertz CT molecular complexity index is 1180. The Morgan fingerprint density at radius 2 is 1.45 bits per heavy atom. The SMILES string of the molecule is NC(Cc1cc(F)c(F)cc1F)C(C(=O)O)C(=O)OCC1c2ccccc2-c2ccccc21. The second-order valence-corrected chi connectivity index (χ2v) is 7.90. The molecule has 3 aromatic carbocycles. The van der Waals surface area contributed by atoms with Crippen LogP contribution in [0.15, 0.2) is 60.7 Å². The Kier molecular flexibility index (Phi) is 6.20. The van der Waals surface area contributed by atoms with Crippen LogP contribution in [0.5, 0.6) is 0 Å². The third-order valence-electron chi connectivity index (χ3n) is 5.85. The van der Waals surface area contributed by atoms with Gasteiger partial charge in [-0.25, -0.2) is 13.2 Å². The number of esters is 1. The third kappa shape index (κ3) is 4.34. The molecule has 1 aliphatic carbocycles. The molecule has 1 aliphatic rings. The zero-order valence-electron chi connectivity index (χ0n) is 17.3. The van der Waals surface area contributed by atoms with Crippen LogP contribution >= 0.6 is 0 Å². The molecule has 170 valence electrons. The summed E-state index contributed by atoms with van der Waals surface area (Å²) >= 11 is 0. The number of fused-ring (bicyclic) bond motifs is 3. The minimum atomic E-state index is -1.82. The maximum atomic E-state index is 14.0. The Hall–Kier alpha value is -3.65. The molecular weight excluding hydrogens is 435 g/mol. The lowest BCUT2D eigenvalue weighted by atomic mass is 9.93. The molecule has 5 nitrogen and oxygen atoms in total. The topological polar surface area (TPSA) is 89.6 Å². The minimum absolute atomic E-state index is 0.108. The average molecular weight is 455 g/mol. The monoisotopic (exact) mass is 455 g/mol. The standard InChI is InChI=1S/C25H20F3NO4/c26-19-11-21(28)20(27)9-13(19)10-22(29)23(24(30)31)25(32)33-12-18-16-7-3-1-5-14(16)15-6-2-4-8-17(15)18/h1-9,11,18,22-23H,10,12,29H2,(H,30,31). The summed E-state index contributed by atoms with van der Waals surface area (Å²) in [4.78, 5) is 24.5. The normalized spacial score (nSPS) is 14.3. The molecule has 0 radical (unpaired) electrons. The molecule has 0 bridgehead atoms. The van der Waals surface area contributed by atoms with E-state index >= 15 is 0 Å². The van der Waals surface area contributed by atoms with Crippen LogP contribution in [0.4, 0.5) is 13.2 Å². The summed E-state index contributed by atoms with van der Waals surface area (Å²) in [5.41, 5.74) is 9.47. The van der Waals surface area contributed by atoms with E-state index in [1.165, 1.54) is 0 Å². The molecule has 2 unspecified atom stereocenters. The predicted molar refractivity (Wildman–Crippen MR) is 114 cm³/mol. The summed E-state index contributed by atoms with van der Waals surface area (Å²) < 4.78 is 46.0. The van der Waals surface area contributed by atoms with Gasteiger partial charge >= 0.3 is 11.9 Å². The van der Waals surface area contributed by atoms with Gasteiger partial charge in [0.15, 0.2) is 17.6 Å². The van der Waals surface area contributed by atoms with E-state index in [0.29, 0.717) is 12.1 Å². The van der Waals surface area contributed by atoms with Gasteiger partial charge in [0.2, 0.25) is 0 Å². The number of halogens is 3. The van der Waals surface area contributed by atoms with Crippen molar-refractivity contribution in [2.75, 3.05) is 6.61 Å². The van der Waals surface area contributed by atoms with Crippen molar-refractivity contribution >= 4 is 11.9 Å². The molecule has 2 atom stereocenters. The van der Waals surface area contributed by atoms with E-state index in [2.05, 4.69) is 0 Å². The number of nitrogens with two attached hydrogens (primary N) is 1. The first kappa shape index (κ1) is 22.5. The van der Waals surface area contributed by atoms with Crippen molar-refractivity contribution in [3.05, 3.63) is 94.8 Å². The number of rotatable bonds is 7. The lowest BCUT2D eigenvalue weighted by Gasteiger charge is -2.21. The highest BCUT2D eigenvalue weighted by atomic mass is 19.2. The molecule has 0 saturated carbocycles. The first-order chi connectivity index (χ1) is 15.8. The van der Waals surface area contributed by atoms with Crippen molar-refractivity contribution in [1.29, 1.82) is 0 Å². The van der Waals surface area contributed by atoms with Gasteiger partial charge in [-0.3, -0.25) is 9.59 Å².